The summed E-state index contributed by atoms with van der Waals surface area (Å²) in [4.78, 5) is 2.74. The van der Waals surface area contributed by atoms with E-state index in [0.29, 0.717) is 0 Å². The van der Waals surface area contributed by atoms with E-state index < -0.39 is 0 Å². The summed E-state index contributed by atoms with van der Waals surface area (Å²) >= 11 is 0. The van der Waals surface area contributed by atoms with Gasteiger partial charge in [-0.15, -0.1) is 0 Å². The minimum absolute atomic E-state index is 0.770. The van der Waals surface area contributed by atoms with Crippen molar-refractivity contribution in [3.8, 4) is 0 Å². The first-order valence-corrected chi connectivity index (χ1v) is 6.73. The maximum Gasteiger partial charge on any atom is 0.0138 e. The van der Waals surface area contributed by atoms with E-state index in [2.05, 4.69) is 18.7 Å². The summed E-state index contributed by atoms with van der Waals surface area (Å²) in [6, 6.07) is 1.59. The molecule has 2 aliphatic rings. The van der Waals surface area contributed by atoms with Crippen molar-refractivity contribution < 1.29 is 0 Å². The first kappa shape index (κ1) is 11.4. The monoisotopic (exact) mass is 210 g/mol. The molecule has 2 saturated carbocycles. The Morgan fingerprint density at radius 2 is 2.00 bits per heavy atom. The van der Waals surface area contributed by atoms with Crippen LogP contribution in [0.2, 0.25) is 0 Å². The van der Waals surface area contributed by atoms with Crippen molar-refractivity contribution in [2.75, 3.05) is 13.1 Å². The Morgan fingerprint density at radius 1 is 1.27 bits per heavy atom. The van der Waals surface area contributed by atoms with E-state index in [4.69, 9.17) is 5.73 Å². The van der Waals surface area contributed by atoms with Gasteiger partial charge in [0, 0.05) is 12.1 Å². The van der Waals surface area contributed by atoms with Crippen molar-refractivity contribution in [2.45, 2.75) is 58.0 Å². The van der Waals surface area contributed by atoms with Gasteiger partial charge >= 0.3 is 0 Å². The molecule has 0 aromatic carbocycles. The summed E-state index contributed by atoms with van der Waals surface area (Å²) in [7, 11) is 0. The molecule has 3 atom stereocenters. The molecular formula is C13H26N2. The molecule has 0 aromatic heterocycles. The molecule has 2 nitrogen and oxygen atoms in total. The Kier molecular flexibility index (Phi) is 3.68. The molecule has 2 N–H and O–H groups in total. The van der Waals surface area contributed by atoms with Gasteiger partial charge in [0.1, 0.15) is 0 Å². The van der Waals surface area contributed by atoms with Crippen LogP contribution in [0.4, 0.5) is 0 Å². The van der Waals surface area contributed by atoms with Crippen molar-refractivity contribution in [3.05, 3.63) is 0 Å². The van der Waals surface area contributed by atoms with Gasteiger partial charge in [-0.3, -0.25) is 4.90 Å². The molecule has 2 aliphatic carbocycles. The zero-order valence-electron chi connectivity index (χ0n) is 10.3. The van der Waals surface area contributed by atoms with Crippen molar-refractivity contribution in [3.63, 3.8) is 0 Å². The van der Waals surface area contributed by atoms with Crippen molar-refractivity contribution in [2.24, 2.45) is 17.6 Å². The van der Waals surface area contributed by atoms with E-state index in [1.165, 1.54) is 38.6 Å². The smallest absolute Gasteiger partial charge is 0.0138 e. The van der Waals surface area contributed by atoms with Gasteiger partial charge in [-0.2, -0.15) is 0 Å². The molecule has 3 unspecified atom stereocenters. The van der Waals surface area contributed by atoms with Gasteiger partial charge in [0.05, 0.1) is 0 Å². The molecule has 0 spiro atoms. The van der Waals surface area contributed by atoms with Gasteiger partial charge in [-0.1, -0.05) is 13.3 Å². The third-order valence-corrected chi connectivity index (χ3v) is 4.54. The number of nitrogens with zero attached hydrogens (tertiary/aromatic N) is 1. The molecule has 0 bridgehead atoms. The molecule has 0 saturated heterocycles. The molecule has 2 heteroatoms. The zero-order chi connectivity index (χ0) is 10.8. The van der Waals surface area contributed by atoms with Gasteiger partial charge in [-0.05, 0) is 57.5 Å². The molecule has 2 fully saturated rings. The van der Waals surface area contributed by atoms with Crippen molar-refractivity contribution in [1.82, 2.24) is 4.90 Å². The van der Waals surface area contributed by atoms with E-state index in [0.717, 1.165) is 30.5 Å². The number of rotatable bonds is 5. The first-order chi connectivity index (χ1) is 7.27. The second kappa shape index (κ2) is 4.84. The Hall–Kier alpha value is -0.0800. The molecule has 0 heterocycles. The summed E-state index contributed by atoms with van der Waals surface area (Å²) in [6.07, 6.45) is 7.04. The Morgan fingerprint density at radius 3 is 2.53 bits per heavy atom. The fourth-order valence-corrected chi connectivity index (χ4v) is 3.40. The summed E-state index contributed by atoms with van der Waals surface area (Å²) in [5.74, 6) is 1.76. The van der Waals surface area contributed by atoms with E-state index in [-0.39, 0.29) is 0 Å². The summed E-state index contributed by atoms with van der Waals surface area (Å²) in [5, 5.41) is 0. The third kappa shape index (κ3) is 2.36. The van der Waals surface area contributed by atoms with Crippen LogP contribution in [0, 0.1) is 11.8 Å². The minimum Gasteiger partial charge on any atom is -0.330 e. The Balaban J connectivity index is 1.97. The fraction of sp³-hybridized carbons (Fsp3) is 1.00. The predicted molar refractivity (Wildman–Crippen MR) is 64.7 cm³/mol. The quantitative estimate of drug-likeness (QED) is 0.754. The Labute approximate surface area is 94.2 Å². The van der Waals surface area contributed by atoms with Crippen LogP contribution in [-0.4, -0.2) is 30.1 Å². The lowest BCUT2D eigenvalue weighted by molar-refractivity contribution is 0.111. The van der Waals surface area contributed by atoms with Gasteiger partial charge < -0.3 is 5.73 Å². The average molecular weight is 210 g/mol. The van der Waals surface area contributed by atoms with E-state index in [1.807, 2.05) is 0 Å². The van der Waals surface area contributed by atoms with Gasteiger partial charge in [0.25, 0.3) is 0 Å². The summed E-state index contributed by atoms with van der Waals surface area (Å²) < 4.78 is 0. The normalized spacial score (nSPS) is 33.6. The van der Waals surface area contributed by atoms with Crippen LogP contribution in [0.25, 0.3) is 0 Å². The van der Waals surface area contributed by atoms with Crippen LogP contribution < -0.4 is 5.73 Å². The SMILES string of the molecule is CCN(C(C)C1CC1)C1CCCC1CN. The van der Waals surface area contributed by atoms with Crippen molar-refractivity contribution >= 4 is 0 Å². The Bertz CT molecular complexity index is 201. The summed E-state index contributed by atoms with van der Waals surface area (Å²) in [5.41, 5.74) is 5.88. The van der Waals surface area contributed by atoms with Crippen LogP contribution in [0.1, 0.15) is 46.0 Å². The maximum absolute atomic E-state index is 5.88. The highest BCUT2D eigenvalue weighted by Crippen LogP contribution is 2.39. The van der Waals surface area contributed by atoms with Crippen LogP contribution >= 0.6 is 0 Å². The second-order valence-electron chi connectivity index (χ2n) is 5.40. The molecule has 0 aromatic rings. The lowest BCUT2D eigenvalue weighted by Crippen LogP contribution is -2.46. The van der Waals surface area contributed by atoms with Crippen LogP contribution in [0.15, 0.2) is 0 Å². The highest BCUT2D eigenvalue weighted by Gasteiger charge is 2.38. The van der Waals surface area contributed by atoms with E-state index in [1.54, 1.807) is 0 Å². The number of hydrogen-bond acceptors (Lipinski definition) is 2. The van der Waals surface area contributed by atoms with E-state index in [9.17, 15) is 0 Å². The molecule has 2 rings (SSSR count). The van der Waals surface area contributed by atoms with Gasteiger partial charge in [-0.25, -0.2) is 0 Å². The maximum atomic E-state index is 5.88. The zero-order valence-corrected chi connectivity index (χ0v) is 10.3. The second-order valence-corrected chi connectivity index (χ2v) is 5.40. The molecule has 88 valence electrons. The van der Waals surface area contributed by atoms with Crippen LogP contribution in [0.3, 0.4) is 0 Å². The number of nitrogens with two attached hydrogens (primary N) is 1. The van der Waals surface area contributed by atoms with E-state index >= 15 is 0 Å². The third-order valence-electron chi connectivity index (χ3n) is 4.54. The van der Waals surface area contributed by atoms with Crippen molar-refractivity contribution in [1.29, 1.82) is 0 Å². The highest BCUT2D eigenvalue weighted by molar-refractivity contribution is 4.92. The standard InChI is InChI=1S/C13H26N2/c1-3-15(10(2)11-7-8-11)13-6-4-5-12(13)9-14/h10-13H,3-9,14H2,1-2H3. The molecule has 15 heavy (non-hydrogen) atoms. The minimum atomic E-state index is 0.770. The predicted octanol–water partition coefficient (Wildman–Crippen LogP) is 2.23. The lowest BCUT2D eigenvalue weighted by atomic mass is 9.99. The van der Waals surface area contributed by atoms with Crippen LogP contribution in [0.5, 0.6) is 0 Å². The molecule has 0 radical (unpaired) electrons. The largest absolute Gasteiger partial charge is 0.330 e. The molecule has 0 aliphatic heterocycles. The highest BCUT2D eigenvalue weighted by atomic mass is 15.2. The summed E-state index contributed by atoms with van der Waals surface area (Å²) in [6.45, 7) is 6.83. The topological polar surface area (TPSA) is 29.3 Å². The average Bonchev–Trinajstić information content (AvgIpc) is 3.00. The molecular weight excluding hydrogens is 184 g/mol. The number of hydrogen-bond donors (Lipinski definition) is 1. The van der Waals surface area contributed by atoms with Crippen LogP contribution in [-0.2, 0) is 0 Å². The first-order valence-electron chi connectivity index (χ1n) is 6.73. The molecule has 0 amide bonds. The van der Waals surface area contributed by atoms with Gasteiger partial charge in [0.2, 0.25) is 0 Å². The lowest BCUT2D eigenvalue weighted by Gasteiger charge is -2.36. The fourth-order valence-electron chi connectivity index (χ4n) is 3.40. The van der Waals surface area contributed by atoms with Gasteiger partial charge in [0.15, 0.2) is 0 Å².